The van der Waals surface area contributed by atoms with Gasteiger partial charge in [0.2, 0.25) is 0 Å². The molecule has 0 fully saturated rings. The number of carbonyl (C=O) groups excluding carboxylic acids is 1. The number of nitrogens with two attached hydrogens (primary N) is 1. The number of aromatic nitrogens is 2. The molecule has 3 N–H and O–H groups in total. The van der Waals surface area contributed by atoms with Crippen molar-refractivity contribution in [2.45, 2.75) is 32.7 Å². The molecular weight excluding hydrogens is 360 g/mol. The molecule has 0 aliphatic rings. The molecule has 142 valence electrons. The fraction of sp³-hybridized carbons (Fsp3) is 0.350. The molecule has 0 saturated carbocycles. The summed E-state index contributed by atoms with van der Waals surface area (Å²) in [6.45, 7) is 4.97. The van der Waals surface area contributed by atoms with E-state index in [0.717, 1.165) is 5.56 Å². The van der Waals surface area contributed by atoms with Crippen LogP contribution < -0.4 is 11.3 Å². The van der Waals surface area contributed by atoms with Gasteiger partial charge in [0.1, 0.15) is 10.5 Å². The Bertz CT molecular complexity index is 978. The zero-order chi connectivity index (χ0) is 19.4. The van der Waals surface area contributed by atoms with Crippen LogP contribution in [0.5, 0.6) is 0 Å². The predicted molar refractivity (Wildman–Crippen MR) is 109 cm³/mol. The lowest BCUT2D eigenvalue weighted by Crippen LogP contribution is -2.37. The van der Waals surface area contributed by atoms with Gasteiger partial charge >= 0.3 is 0 Å². The van der Waals surface area contributed by atoms with Gasteiger partial charge in [-0.2, -0.15) is 0 Å². The Balaban J connectivity index is 2.00. The summed E-state index contributed by atoms with van der Waals surface area (Å²) >= 11 is 1.37. The molecule has 1 unspecified atom stereocenters. The molecule has 0 spiro atoms. The maximum atomic E-state index is 13.2. The number of thiophene rings is 1. The molecule has 2 aromatic heterocycles. The molecule has 1 atom stereocenters. The lowest BCUT2D eigenvalue weighted by atomic mass is 10.1. The molecule has 27 heavy (non-hydrogen) atoms. The molecule has 7 heteroatoms. The number of nitrogens with one attached hydrogen (secondary N) is 1. The van der Waals surface area contributed by atoms with E-state index in [1.807, 2.05) is 49.6 Å². The third kappa shape index (κ3) is 4.09. The molecular formula is C20H24N4O2S. The maximum absolute atomic E-state index is 13.2. The van der Waals surface area contributed by atoms with E-state index in [2.05, 4.69) is 9.97 Å². The number of rotatable bonds is 7. The highest BCUT2D eigenvalue weighted by Gasteiger charge is 2.27. The first-order valence-corrected chi connectivity index (χ1v) is 9.98. The lowest BCUT2D eigenvalue weighted by molar-refractivity contribution is 0.0660. The quantitative estimate of drug-likeness (QED) is 0.654. The zero-order valence-corrected chi connectivity index (χ0v) is 16.4. The molecule has 0 saturated heterocycles. The van der Waals surface area contributed by atoms with Crippen LogP contribution in [-0.4, -0.2) is 33.9 Å². The molecule has 1 aromatic carbocycles. The summed E-state index contributed by atoms with van der Waals surface area (Å²) < 4.78 is 0.604. The van der Waals surface area contributed by atoms with E-state index in [1.54, 1.807) is 4.90 Å². The first-order chi connectivity index (χ1) is 13.0. The molecule has 0 aliphatic carbocycles. The normalized spacial score (nSPS) is 12.3. The number of amides is 1. The second kappa shape index (κ2) is 8.45. The summed E-state index contributed by atoms with van der Waals surface area (Å²) in [6, 6.07) is 9.02. The zero-order valence-electron chi connectivity index (χ0n) is 15.6. The van der Waals surface area contributed by atoms with Crippen LogP contribution in [-0.2, 0) is 0 Å². The number of hydrogen-bond acceptors (Lipinski definition) is 5. The van der Waals surface area contributed by atoms with Gasteiger partial charge in [0.15, 0.2) is 0 Å². The van der Waals surface area contributed by atoms with Gasteiger partial charge in [0, 0.05) is 12.1 Å². The highest BCUT2D eigenvalue weighted by atomic mass is 32.1. The average molecular weight is 385 g/mol. The fourth-order valence-corrected chi connectivity index (χ4v) is 3.86. The Kier molecular flexibility index (Phi) is 6.03. The van der Waals surface area contributed by atoms with Gasteiger partial charge in [-0.15, -0.1) is 11.3 Å². The molecule has 1 amide bonds. The Labute approximate surface area is 162 Å². The topological polar surface area (TPSA) is 92.1 Å². The van der Waals surface area contributed by atoms with E-state index in [-0.39, 0.29) is 17.5 Å². The second-order valence-corrected chi connectivity index (χ2v) is 7.43. The molecule has 0 aliphatic heterocycles. The number of aromatic amines is 1. The molecule has 3 aromatic rings. The van der Waals surface area contributed by atoms with Crippen molar-refractivity contribution >= 4 is 27.5 Å². The summed E-state index contributed by atoms with van der Waals surface area (Å²) in [4.78, 5) is 34.9. The van der Waals surface area contributed by atoms with Crippen LogP contribution in [0, 0.1) is 6.92 Å². The number of H-pyrrole nitrogens is 1. The van der Waals surface area contributed by atoms with Gasteiger partial charge in [0.25, 0.3) is 11.5 Å². The minimum absolute atomic E-state index is 0.0802. The lowest BCUT2D eigenvalue weighted by Gasteiger charge is -2.30. The first kappa shape index (κ1) is 19.3. The third-order valence-electron chi connectivity index (χ3n) is 4.57. The SMILES string of the molecule is CCC(c1nc2ccsc2c(=O)[nH]1)N(CCCN)C(=O)c1ccc(C)cc1. The van der Waals surface area contributed by atoms with E-state index in [1.165, 1.54) is 11.3 Å². The number of carbonyl (C=O) groups is 1. The van der Waals surface area contributed by atoms with Crippen LogP contribution >= 0.6 is 11.3 Å². The van der Waals surface area contributed by atoms with Gasteiger partial charge in [-0.1, -0.05) is 24.6 Å². The van der Waals surface area contributed by atoms with Crippen LogP contribution in [0.15, 0.2) is 40.5 Å². The molecule has 6 nitrogen and oxygen atoms in total. The summed E-state index contributed by atoms with van der Waals surface area (Å²) in [7, 11) is 0. The molecule has 2 heterocycles. The van der Waals surface area contributed by atoms with Crippen molar-refractivity contribution in [2.24, 2.45) is 5.73 Å². The number of aryl methyl sites for hydroxylation is 1. The van der Waals surface area contributed by atoms with Crippen LogP contribution in [0.25, 0.3) is 10.2 Å². The highest BCUT2D eigenvalue weighted by Crippen LogP contribution is 2.25. The second-order valence-electron chi connectivity index (χ2n) is 6.52. The van der Waals surface area contributed by atoms with Crippen molar-refractivity contribution in [2.75, 3.05) is 13.1 Å². The Morgan fingerprint density at radius 1 is 1.30 bits per heavy atom. The molecule has 0 bridgehead atoms. The molecule has 3 rings (SSSR count). The van der Waals surface area contributed by atoms with Crippen LogP contribution in [0.2, 0.25) is 0 Å². The van der Waals surface area contributed by atoms with Crippen molar-refractivity contribution in [3.05, 3.63) is 63.0 Å². The first-order valence-electron chi connectivity index (χ1n) is 9.10. The van der Waals surface area contributed by atoms with Gasteiger partial charge < -0.3 is 15.6 Å². The van der Waals surface area contributed by atoms with Gasteiger partial charge in [-0.05, 0) is 49.9 Å². The van der Waals surface area contributed by atoms with Crippen LogP contribution in [0.3, 0.4) is 0 Å². The summed E-state index contributed by atoms with van der Waals surface area (Å²) in [5.74, 6) is 0.439. The number of fused-ring (bicyclic) bond motifs is 1. The van der Waals surface area contributed by atoms with E-state index < -0.39 is 0 Å². The summed E-state index contributed by atoms with van der Waals surface area (Å²) in [6.07, 6.45) is 1.32. The van der Waals surface area contributed by atoms with Crippen molar-refractivity contribution < 1.29 is 4.79 Å². The predicted octanol–water partition coefficient (Wildman–Crippen LogP) is 3.24. The largest absolute Gasteiger partial charge is 0.330 e. The van der Waals surface area contributed by atoms with Gasteiger partial charge in [0.05, 0.1) is 11.6 Å². The minimum atomic E-state index is -0.317. The van der Waals surface area contributed by atoms with Gasteiger partial charge in [-0.3, -0.25) is 9.59 Å². The fourth-order valence-electron chi connectivity index (χ4n) is 3.13. The van der Waals surface area contributed by atoms with Crippen LogP contribution in [0.1, 0.15) is 47.6 Å². The average Bonchev–Trinajstić information content (AvgIpc) is 3.14. The highest BCUT2D eigenvalue weighted by molar-refractivity contribution is 7.17. The van der Waals surface area contributed by atoms with Crippen molar-refractivity contribution in [1.29, 1.82) is 0 Å². The Morgan fingerprint density at radius 2 is 2.04 bits per heavy atom. The standard InChI is InChI=1S/C20H24N4O2S/c1-3-16(18-22-15-9-12-27-17(15)19(25)23-18)24(11-4-10-21)20(26)14-7-5-13(2)6-8-14/h5-9,12,16H,3-4,10-11,21H2,1-2H3,(H,22,23,25). The van der Waals surface area contributed by atoms with Gasteiger partial charge in [-0.25, -0.2) is 4.98 Å². The number of hydrogen-bond donors (Lipinski definition) is 2. The van der Waals surface area contributed by atoms with Crippen molar-refractivity contribution in [3.8, 4) is 0 Å². The maximum Gasteiger partial charge on any atom is 0.268 e. The Morgan fingerprint density at radius 3 is 2.70 bits per heavy atom. The minimum Gasteiger partial charge on any atom is -0.330 e. The van der Waals surface area contributed by atoms with E-state index >= 15 is 0 Å². The van der Waals surface area contributed by atoms with E-state index in [4.69, 9.17) is 5.73 Å². The number of nitrogens with zero attached hydrogens (tertiary/aromatic N) is 2. The number of benzene rings is 1. The third-order valence-corrected chi connectivity index (χ3v) is 5.48. The monoisotopic (exact) mass is 384 g/mol. The van der Waals surface area contributed by atoms with E-state index in [9.17, 15) is 9.59 Å². The molecule has 0 radical (unpaired) electrons. The summed E-state index contributed by atoms with van der Waals surface area (Å²) in [5.41, 5.74) is 7.91. The summed E-state index contributed by atoms with van der Waals surface area (Å²) in [5, 5.41) is 1.85. The van der Waals surface area contributed by atoms with Crippen molar-refractivity contribution in [1.82, 2.24) is 14.9 Å². The smallest absolute Gasteiger partial charge is 0.268 e. The van der Waals surface area contributed by atoms with Crippen LogP contribution in [0.4, 0.5) is 0 Å². The van der Waals surface area contributed by atoms with Crippen molar-refractivity contribution in [3.63, 3.8) is 0 Å². The Hall–Kier alpha value is -2.51. The van der Waals surface area contributed by atoms with E-state index in [0.29, 0.717) is 47.5 Å².